The Hall–Kier alpha value is -0.910. The SMILES string of the molecule is C=C1CC[C@@H]2[C@H](OC(C)=O)[C@H]([C@@]3(C)CC[C@H](O)C[C@@H]3CCN3CCOCC3)CC[C@]12C. The molecule has 4 rings (SSSR count). The van der Waals surface area contributed by atoms with Crippen molar-refractivity contribution >= 4 is 5.97 Å². The minimum absolute atomic E-state index is 0.0263. The van der Waals surface area contributed by atoms with Gasteiger partial charge in [0.1, 0.15) is 6.10 Å². The van der Waals surface area contributed by atoms with Crippen molar-refractivity contribution in [3.05, 3.63) is 12.2 Å². The van der Waals surface area contributed by atoms with Gasteiger partial charge < -0.3 is 14.6 Å². The molecule has 0 radical (unpaired) electrons. The number of fused-ring (bicyclic) bond motifs is 1. The Kier molecular flexibility index (Phi) is 6.86. The number of hydrogen-bond acceptors (Lipinski definition) is 5. The Morgan fingerprint density at radius 3 is 2.65 bits per heavy atom. The first-order chi connectivity index (χ1) is 14.7. The van der Waals surface area contributed by atoms with Gasteiger partial charge in [0.25, 0.3) is 0 Å². The van der Waals surface area contributed by atoms with Crippen LogP contribution in [0, 0.1) is 28.6 Å². The van der Waals surface area contributed by atoms with E-state index in [2.05, 4.69) is 25.3 Å². The standard InChI is InChI=1S/C26H43NO4/c1-18-5-6-22-24(31-19(2)28)23(8-11-25(18,22)3)26(4)10-7-21(29)17-20(26)9-12-27-13-15-30-16-14-27/h20-24,29H,1,5-17H2,2-4H3/t20-,21-,22+,23+,24-,25+,26-/m0/s1. The van der Waals surface area contributed by atoms with Crippen LogP contribution in [-0.4, -0.2) is 61.0 Å². The number of aliphatic hydroxyl groups excluding tert-OH is 1. The number of hydrogen-bond donors (Lipinski definition) is 1. The van der Waals surface area contributed by atoms with E-state index in [9.17, 15) is 9.90 Å². The molecule has 0 aromatic heterocycles. The molecule has 1 N–H and O–H groups in total. The Bertz CT molecular complexity index is 674. The van der Waals surface area contributed by atoms with Gasteiger partial charge in [-0.1, -0.05) is 26.0 Å². The minimum Gasteiger partial charge on any atom is -0.462 e. The molecule has 4 aliphatic rings. The van der Waals surface area contributed by atoms with Crippen molar-refractivity contribution in [2.45, 2.75) is 84.3 Å². The molecule has 0 unspecified atom stereocenters. The Labute approximate surface area is 188 Å². The molecule has 1 heterocycles. The zero-order valence-corrected chi connectivity index (χ0v) is 19.9. The molecule has 7 atom stereocenters. The van der Waals surface area contributed by atoms with Gasteiger partial charge in [-0.05, 0) is 74.7 Å². The summed E-state index contributed by atoms with van der Waals surface area (Å²) >= 11 is 0. The number of ether oxygens (including phenoxy) is 2. The van der Waals surface area contributed by atoms with Crippen LogP contribution in [0.25, 0.3) is 0 Å². The molecule has 0 bridgehead atoms. The summed E-state index contributed by atoms with van der Waals surface area (Å²) in [5, 5.41) is 10.6. The van der Waals surface area contributed by atoms with E-state index in [-0.39, 0.29) is 29.0 Å². The molecule has 0 spiro atoms. The molecule has 3 aliphatic carbocycles. The normalized spacial score (nSPS) is 44.1. The molecular formula is C26H43NO4. The Morgan fingerprint density at radius 2 is 1.94 bits per heavy atom. The Morgan fingerprint density at radius 1 is 1.19 bits per heavy atom. The lowest BCUT2D eigenvalue weighted by Gasteiger charge is -2.56. The van der Waals surface area contributed by atoms with Crippen LogP contribution < -0.4 is 0 Å². The number of rotatable bonds is 5. The summed E-state index contributed by atoms with van der Waals surface area (Å²) < 4.78 is 11.7. The van der Waals surface area contributed by atoms with E-state index in [1.807, 2.05) is 0 Å². The largest absolute Gasteiger partial charge is 0.462 e. The second-order valence-corrected chi connectivity index (χ2v) is 11.3. The van der Waals surface area contributed by atoms with Gasteiger partial charge in [-0.3, -0.25) is 9.69 Å². The summed E-state index contributed by atoms with van der Waals surface area (Å²) in [4.78, 5) is 14.7. The van der Waals surface area contributed by atoms with E-state index < -0.39 is 0 Å². The molecule has 1 aliphatic heterocycles. The molecule has 4 fully saturated rings. The molecule has 176 valence electrons. The van der Waals surface area contributed by atoms with Crippen LogP contribution in [0.4, 0.5) is 0 Å². The van der Waals surface area contributed by atoms with Gasteiger partial charge in [0.05, 0.1) is 19.3 Å². The summed E-state index contributed by atoms with van der Waals surface area (Å²) in [5.41, 5.74) is 1.54. The molecule has 31 heavy (non-hydrogen) atoms. The fourth-order valence-corrected chi connectivity index (χ4v) is 7.54. The van der Waals surface area contributed by atoms with Crippen LogP contribution >= 0.6 is 0 Å². The van der Waals surface area contributed by atoms with Crippen LogP contribution in [0.5, 0.6) is 0 Å². The van der Waals surface area contributed by atoms with E-state index in [1.54, 1.807) is 6.92 Å². The number of morpholine rings is 1. The highest BCUT2D eigenvalue weighted by atomic mass is 16.5. The summed E-state index contributed by atoms with van der Waals surface area (Å²) in [6, 6.07) is 0. The maximum atomic E-state index is 12.2. The number of nitrogens with zero attached hydrogens (tertiary/aromatic N) is 1. The molecule has 5 nitrogen and oxygen atoms in total. The third-order valence-electron chi connectivity index (χ3n) is 9.70. The molecular weight excluding hydrogens is 390 g/mol. The summed E-state index contributed by atoms with van der Waals surface area (Å²) in [6.45, 7) is 15.5. The van der Waals surface area contributed by atoms with Crippen LogP contribution in [0.2, 0.25) is 0 Å². The predicted octanol–water partition coefficient (Wildman–Crippen LogP) is 4.19. The minimum atomic E-state index is -0.199. The van der Waals surface area contributed by atoms with Gasteiger partial charge in [0, 0.05) is 31.8 Å². The van der Waals surface area contributed by atoms with Crippen molar-refractivity contribution in [1.29, 1.82) is 0 Å². The topological polar surface area (TPSA) is 59.0 Å². The molecule has 0 aromatic rings. The van der Waals surface area contributed by atoms with Crippen molar-refractivity contribution < 1.29 is 19.4 Å². The van der Waals surface area contributed by atoms with Gasteiger partial charge in [-0.25, -0.2) is 0 Å². The van der Waals surface area contributed by atoms with E-state index >= 15 is 0 Å². The van der Waals surface area contributed by atoms with Crippen molar-refractivity contribution in [2.24, 2.45) is 28.6 Å². The highest BCUT2D eigenvalue weighted by molar-refractivity contribution is 5.66. The van der Waals surface area contributed by atoms with Crippen LogP contribution in [-0.2, 0) is 14.3 Å². The van der Waals surface area contributed by atoms with Crippen molar-refractivity contribution in [3.8, 4) is 0 Å². The zero-order chi connectivity index (χ0) is 22.2. The highest BCUT2D eigenvalue weighted by Gasteiger charge is 2.58. The monoisotopic (exact) mass is 433 g/mol. The molecule has 0 aromatic carbocycles. The van der Waals surface area contributed by atoms with Gasteiger partial charge in [0.2, 0.25) is 0 Å². The summed E-state index contributed by atoms with van der Waals surface area (Å²) in [6.07, 6.45) is 8.01. The number of carbonyl (C=O) groups is 1. The third-order valence-corrected chi connectivity index (χ3v) is 9.70. The zero-order valence-electron chi connectivity index (χ0n) is 19.9. The van der Waals surface area contributed by atoms with E-state index in [0.717, 1.165) is 84.2 Å². The molecule has 0 amide bonds. The fraction of sp³-hybridized carbons (Fsp3) is 0.885. The van der Waals surface area contributed by atoms with Crippen molar-refractivity contribution in [2.75, 3.05) is 32.8 Å². The van der Waals surface area contributed by atoms with Gasteiger partial charge in [-0.2, -0.15) is 0 Å². The number of esters is 1. The third kappa shape index (κ3) is 4.47. The average molecular weight is 434 g/mol. The van der Waals surface area contributed by atoms with Gasteiger partial charge in [-0.15, -0.1) is 0 Å². The smallest absolute Gasteiger partial charge is 0.302 e. The van der Waals surface area contributed by atoms with Crippen LogP contribution in [0.15, 0.2) is 12.2 Å². The van der Waals surface area contributed by atoms with Crippen LogP contribution in [0.3, 0.4) is 0 Å². The maximum absolute atomic E-state index is 12.2. The quantitative estimate of drug-likeness (QED) is 0.520. The Balaban J connectivity index is 1.56. The number of allylic oxidation sites excluding steroid dienone is 1. The van der Waals surface area contributed by atoms with Crippen molar-refractivity contribution in [3.63, 3.8) is 0 Å². The van der Waals surface area contributed by atoms with E-state index in [4.69, 9.17) is 9.47 Å². The summed E-state index contributed by atoms with van der Waals surface area (Å²) in [5.74, 6) is 1.05. The van der Waals surface area contributed by atoms with Gasteiger partial charge in [0.15, 0.2) is 0 Å². The second kappa shape index (κ2) is 9.15. The lowest BCUT2D eigenvalue weighted by molar-refractivity contribution is -0.173. The van der Waals surface area contributed by atoms with Crippen LogP contribution in [0.1, 0.15) is 72.1 Å². The lowest BCUT2D eigenvalue weighted by Crippen LogP contribution is -2.54. The number of aliphatic hydroxyl groups is 1. The van der Waals surface area contributed by atoms with E-state index in [0.29, 0.717) is 17.8 Å². The first-order valence-corrected chi connectivity index (χ1v) is 12.6. The second-order valence-electron chi connectivity index (χ2n) is 11.3. The molecule has 1 saturated heterocycles. The maximum Gasteiger partial charge on any atom is 0.302 e. The van der Waals surface area contributed by atoms with E-state index in [1.165, 1.54) is 5.57 Å². The number of carbonyl (C=O) groups excluding carboxylic acids is 1. The van der Waals surface area contributed by atoms with Gasteiger partial charge >= 0.3 is 5.97 Å². The predicted molar refractivity (Wildman–Crippen MR) is 122 cm³/mol. The van der Waals surface area contributed by atoms with Crippen molar-refractivity contribution in [1.82, 2.24) is 4.90 Å². The average Bonchev–Trinajstić information content (AvgIpc) is 3.04. The molecule has 3 saturated carbocycles. The molecule has 5 heteroatoms. The first kappa shape index (κ1) is 23.3. The lowest BCUT2D eigenvalue weighted by atomic mass is 9.51. The highest BCUT2D eigenvalue weighted by Crippen LogP contribution is 2.62. The summed E-state index contributed by atoms with van der Waals surface area (Å²) in [7, 11) is 0. The first-order valence-electron chi connectivity index (χ1n) is 12.6. The fourth-order valence-electron chi connectivity index (χ4n) is 7.54.